The molecule has 0 fully saturated rings. The van der Waals surface area contributed by atoms with Crippen molar-refractivity contribution in [2.45, 2.75) is 65.0 Å². The molecule has 0 aliphatic carbocycles. The maximum absolute atomic E-state index is 13.9. The van der Waals surface area contributed by atoms with Gasteiger partial charge in [0.1, 0.15) is 11.8 Å². The van der Waals surface area contributed by atoms with E-state index >= 15 is 0 Å². The van der Waals surface area contributed by atoms with Crippen molar-refractivity contribution < 1.29 is 14.3 Å². The molecule has 3 aromatic carbocycles. The molecule has 0 aromatic heterocycles. The minimum Gasteiger partial charge on any atom is -0.483 e. The number of carbonyl (C=O) groups is 2. The summed E-state index contributed by atoms with van der Waals surface area (Å²) in [5.74, 6) is 0.131. The summed E-state index contributed by atoms with van der Waals surface area (Å²) in [5, 5.41) is 3.96. The third kappa shape index (κ3) is 9.01. The quantitative estimate of drug-likeness (QED) is 0.234. The lowest BCUT2D eigenvalue weighted by Crippen LogP contribution is -2.51. The van der Waals surface area contributed by atoms with Crippen LogP contribution in [0.1, 0.15) is 57.2 Å². The van der Waals surface area contributed by atoms with Crippen LogP contribution in [0.5, 0.6) is 5.75 Å². The standard InChI is InChI=1S/C32H38Cl2N2O3/c1-5-6-18-35-31(38)28(19-23-12-8-7-9-13-23)36(21-24-16-17-25(33)20-27(24)34)30(37)22-39-29-15-11-10-14-26(29)32(2,3)4/h7-17,20,28H,5-6,18-19,21-22H2,1-4H3,(H,35,38)/t28-/m1/s1. The Hall–Kier alpha value is -3.02. The largest absolute Gasteiger partial charge is 0.483 e. The van der Waals surface area contributed by atoms with Gasteiger partial charge in [0.05, 0.1) is 0 Å². The Morgan fingerprint density at radius 2 is 1.67 bits per heavy atom. The third-order valence-electron chi connectivity index (χ3n) is 6.50. The van der Waals surface area contributed by atoms with E-state index in [1.54, 1.807) is 23.1 Å². The van der Waals surface area contributed by atoms with E-state index in [1.165, 1.54) is 0 Å². The lowest BCUT2D eigenvalue weighted by molar-refractivity contribution is -0.142. The van der Waals surface area contributed by atoms with Gasteiger partial charge < -0.3 is 15.0 Å². The van der Waals surface area contributed by atoms with Gasteiger partial charge in [-0.3, -0.25) is 9.59 Å². The molecule has 0 aliphatic rings. The predicted molar refractivity (Wildman–Crippen MR) is 160 cm³/mol. The molecule has 3 aromatic rings. The van der Waals surface area contributed by atoms with Gasteiger partial charge in [-0.25, -0.2) is 0 Å². The molecule has 0 radical (unpaired) electrons. The molecule has 3 rings (SSSR count). The minimum absolute atomic E-state index is 0.137. The zero-order chi connectivity index (χ0) is 28.4. The summed E-state index contributed by atoms with van der Waals surface area (Å²) in [4.78, 5) is 29.0. The first-order chi connectivity index (χ1) is 18.6. The fraction of sp³-hybridized carbons (Fsp3) is 0.375. The second-order valence-corrected chi connectivity index (χ2v) is 11.5. The van der Waals surface area contributed by atoms with Crippen LogP contribution in [0.15, 0.2) is 72.8 Å². The summed E-state index contributed by atoms with van der Waals surface area (Å²) >= 11 is 12.6. The van der Waals surface area contributed by atoms with E-state index in [4.69, 9.17) is 27.9 Å². The smallest absolute Gasteiger partial charge is 0.261 e. The number of hydrogen-bond acceptors (Lipinski definition) is 3. The Balaban J connectivity index is 1.95. The van der Waals surface area contributed by atoms with E-state index in [1.807, 2.05) is 54.6 Å². The zero-order valence-corrected chi connectivity index (χ0v) is 24.7. The van der Waals surface area contributed by atoms with E-state index < -0.39 is 6.04 Å². The maximum atomic E-state index is 13.9. The van der Waals surface area contributed by atoms with Crippen LogP contribution >= 0.6 is 23.2 Å². The predicted octanol–water partition coefficient (Wildman–Crippen LogP) is 7.23. The highest BCUT2D eigenvalue weighted by molar-refractivity contribution is 6.35. The van der Waals surface area contributed by atoms with E-state index in [0.29, 0.717) is 34.3 Å². The number of ether oxygens (including phenoxy) is 1. The fourth-order valence-electron chi connectivity index (χ4n) is 4.33. The number of nitrogens with zero attached hydrogens (tertiary/aromatic N) is 1. The van der Waals surface area contributed by atoms with Crippen molar-refractivity contribution in [1.82, 2.24) is 10.2 Å². The van der Waals surface area contributed by atoms with Crippen molar-refractivity contribution in [3.63, 3.8) is 0 Å². The fourth-order valence-corrected chi connectivity index (χ4v) is 4.80. The first-order valence-corrected chi connectivity index (χ1v) is 14.1. The average Bonchev–Trinajstić information content (AvgIpc) is 2.90. The van der Waals surface area contributed by atoms with Crippen molar-refractivity contribution in [3.05, 3.63) is 99.5 Å². The SMILES string of the molecule is CCCCNC(=O)[C@@H](Cc1ccccc1)N(Cc1ccc(Cl)cc1Cl)C(=O)COc1ccccc1C(C)(C)C. The number of hydrogen-bond donors (Lipinski definition) is 1. The molecule has 1 N–H and O–H groups in total. The molecular formula is C32H38Cl2N2O3. The topological polar surface area (TPSA) is 58.6 Å². The molecule has 208 valence electrons. The number of carbonyl (C=O) groups excluding carboxylic acids is 2. The van der Waals surface area contributed by atoms with Crippen molar-refractivity contribution in [1.29, 1.82) is 0 Å². The molecule has 2 amide bonds. The van der Waals surface area contributed by atoms with Gasteiger partial charge in [0.2, 0.25) is 5.91 Å². The summed E-state index contributed by atoms with van der Waals surface area (Å²) in [6, 6.07) is 21.8. The lowest BCUT2D eigenvalue weighted by atomic mass is 9.86. The zero-order valence-electron chi connectivity index (χ0n) is 23.2. The van der Waals surface area contributed by atoms with E-state index in [2.05, 4.69) is 33.0 Å². The Kier molecular flexibility index (Phi) is 11.3. The maximum Gasteiger partial charge on any atom is 0.261 e. The molecule has 0 bridgehead atoms. The Labute approximate surface area is 242 Å². The van der Waals surface area contributed by atoms with Gasteiger partial charge in [-0.1, -0.05) is 112 Å². The van der Waals surface area contributed by atoms with Gasteiger partial charge in [0.15, 0.2) is 6.61 Å². The van der Waals surface area contributed by atoms with E-state index in [-0.39, 0.29) is 30.4 Å². The van der Waals surface area contributed by atoms with Crippen molar-refractivity contribution in [2.24, 2.45) is 0 Å². The molecular weight excluding hydrogens is 531 g/mol. The highest BCUT2D eigenvalue weighted by Gasteiger charge is 2.31. The molecule has 0 saturated carbocycles. The number of para-hydroxylation sites is 1. The normalized spacial score (nSPS) is 12.1. The van der Waals surface area contributed by atoms with Crippen molar-refractivity contribution in [2.75, 3.05) is 13.2 Å². The Bertz CT molecular complexity index is 1240. The van der Waals surface area contributed by atoms with Gasteiger partial charge in [0.25, 0.3) is 5.91 Å². The van der Waals surface area contributed by atoms with E-state index in [0.717, 1.165) is 24.0 Å². The molecule has 0 heterocycles. The molecule has 39 heavy (non-hydrogen) atoms. The number of amides is 2. The molecule has 0 unspecified atom stereocenters. The van der Waals surface area contributed by atoms with Crippen LogP contribution in [-0.2, 0) is 28.0 Å². The monoisotopic (exact) mass is 568 g/mol. The van der Waals surface area contributed by atoms with Crippen LogP contribution in [0, 0.1) is 0 Å². The second kappa shape index (κ2) is 14.4. The summed E-state index contributed by atoms with van der Waals surface area (Å²) in [7, 11) is 0. The summed E-state index contributed by atoms with van der Waals surface area (Å²) in [6.45, 7) is 8.83. The highest BCUT2D eigenvalue weighted by Crippen LogP contribution is 2.31. The lowest BCUT2D eigenvalue weighted by Gasteiger charge is -2.32. The summed E-state index contributed by atoms with van der Waals surface area (Å²) in [5.41, 5.74) is 2.49. The third-order valence-corrected chi connectivity index (χ3v) is 7.09. The first kappa shape index (κ1) is 30.5. The van der Waals surface area contributed by atoms with Crippen molar-refractivity contribution >= 4 is 35.0 Å². The van der Waals surface area contributed by atoms with Gasteiger partial charge in [-0.15, -0.1) is 0 Å². The molecule has 0 saturated heterocycles. The van der Waals surface area contributed by atoms with Gasteiger partial charge in [-0.05, 0) is 46.7 Å². The average molecular weight is 570 g/mol. The molecule has 1 atom stereocenters. The first-order valence-electron chi connectivity index (χ1n) is 13.4. The van der Waals surface area contributed by atoms with Crippen LogP contribution in [-0.4, -0.2) is 35.9 Å². The van der Waals surface area contributed by atoms with Gasteiger partial charge in [-0.2, -0.15) is 0 Å². The van der Waals surface area contributed by atoms with Crippen molar-refractivity contribution in [3.8, 4) is 5.75 Å². The van der Waals surface area contributed by atoms with Crippen LogP contribution < -0.4 is 10.1 Å². The Morgan fingerprint density at radius 1 is 0.974 bits per heavy atom. The number of halogens is 2. The summed E-state index contributed by atoms with van der Waals surface area (Å²) in [6.07, 6.45) is 2.16. The molecule has 0 spiro atoms. The second-order valence-electron chi connectivity index (χ2n) is 10.6. The minimum atomic E-state index is -0.759. The van der Waals surface area contributed by atoms with Crippen LogP contribution in [0.25, 0.3) is 0 Å². The molecule has 5 nitrogen and oxygen atoms in total. The number of rotatable bonds is 12. The van der Waals surface area contributed by atoms with Crippen LogP contribution in [0.4, 0.5) is 0 Å². The molecule has 0 aliphatic heterocycles. The number of unbranched alkanes of at least 4 members (excludes halogenated alkanes) is 1. The highest BCUT2D eigenvalue weighted by atomic mass is 35.5. The number of benzene rings is 3. The van der Waals surface area contributed by atoms with Crippen LogP contribution in [0.3, 0.4) is 0 Å². The van der Waals surface area contributed by atoms with Crippen LogP contribution in [0.2, 0.25) is 10.0 Å². The van der Waals surface area contributed by atoms with Gasteiger partial charge in [0, 0.05) is 29.6 Å². The van der Waals surface area contributed by atoms with Gasteiger partial charge >= 0.3 is 0 Å². The number of nitrogens with one attached hydrogen (secondary N) is 1. The Morgan fingerprint density at radius 3 is 2.33 bits per heavy atom. The van der Waals surface area contributed by atoms with E-state index in [9.17, 15) is 9.59 Å². The molecule has 7 heteroatoms. The summed E-state index contributed by atoms with van der Waals surface area (Å²) < 4.78 is 6.10.